The van der Waals surface area contributed by atoms with Crippen molar-refractivity contribution in [2.45, 2.75) is 19.9 Å². The van der Waals surface area contributed by atoms with Crippen LogP contribution in [0.4, 0.5) is 10.1 Å². The number of aromatic hydroxyl groups is 1. The summed E-state index contributed by atoms with van der Waals surface area (Å²) in [6, 6.07) is 9.82. The molecule has 198 valence electrons. The Balaban J connectivity index is 1.51. The van der Waals surface area contributed by atoms with Crippen molar-refractivity contribution < 1.29 is 9.50 Å². The van der Waals surface area contributed by atoms with E-state index in [4.69, 9.17) is 23.2 Å². The maximum Gasteiger partial charge on any atom is 0.332 e. The molecular formula is C28H28Cl2FN5O2. The number of pyridine rings is 1. The molecule has 1 fully saturated rings. The molecule has 0 amide bonds. The molecule has 0 unspecified atom stereocenters. The number of phenolic OH excluding ortho intramolecular Hbond substituents is 1. The first-order valence-electron chi connectivity index (χ1n) is 12.4. The van der Waals surface area contributed by atoms with Gasteiger partial charge in [0.1, 0.15) is 11.6 Å². The summed E-state index contributed by atoms with van der Waals surface area (Å²) < 4.78 is 17.7. The van der Waals surface area contributed by atoms with Gasteiger partial charge in [-0.05, 0) is 49.7 Å². The highest BCUT2D eigenvalue weighted by atomic mass is 35.5. The fourth-order valence-electron chi connectivity index (χ4n) is 4.84. The summed E-state index contributed by atoms with van der Waals surface area (Å²) in [5.74, 6) is -0.624. The van der Waals surface area contributed by atoms with Crippen molar-refractivity contribution >= 4 is 28.9 Å². The summed E-state index contributed by atoms with van der Waals surface area (Å²) >= 11 is 13.0. The lowest BCUT2D eigenvalue weighted by Gasteiger charge is -2.38. The van der Waals surface area contributed by atoms with Gasteiger partial charge in [0.05, 0.1) is 16.4 Å². The highest BCUT2D eigenvalue weighted by Crippen LogP contribution is 2.41. The lowest BCUT2D eigenvalue weighted by atomic mass is 9.97. The summed E-state index contributed by atoms with van der Waals surface area (Å²) in [6.45, 7) is 7.74. The van der Waals surface area contributed by atoms with Crippen LogP contribution in [0.25, 0.3) is 27.9 Å². The highest BCUT2D eigenvalue weighted by molar-refractivity contribution is 6.33. The van der Waals surface area contributed by atoms with E-state index in [1.54, 1.807) is 37.6 Å². The van der Waals surface area contributed by atoms with Gasteiger partial charge in [-0.2, -0.15) is 0 Å². The van der Waals surface area contributed by atoms with E-state index in [2.05, 4.69) is 28.6 Å². The molecule has 7 nitrogen and oxygen atoms in total. The first-order valence-corrected chi connectivity index (χ1v) is 13.1. The molecule has 10 heteroatoms. The van der Waals surface area contributed by atoms with Gasteiger partial charge in [0.25, 0.3) is 0 Å². The maximum atomic E-state index is 14.9. The average molecular weight is 556 g/mol. The van der Waals surface area contributed by atoms with Gasteiger partial charge >= 0.3 is 5.69 Å². The quantitative estimate of drug-likeness (QED) is 0.325. The highest BCUT2D eigenvalue weighted by Gasteiger charge is 2.23. The lowest BCUT2D eigenvalue weighted by molar-refractivity contribution is 0.209. The van der Waals surface area contributed by atoms with Gasteiger partial charge in [-0.3, -0.25) is 9.47 Å². The topological polar surface area (TPSA) is 66.5 Å². The lowest BCUT2D eigenvalue weighted by Crippen LogP contribution is -2.49. The number of imidazole rings is 1. The SMILES string of the molecule is CC(C)N1CCN(c2cc(-c3cc(F)cc(-c4ccc(-n5ccn(C)c5=O)c(Cl)c4)c3O)cnc2Cl)CC1. The molecule has 1 saturated heterocycles. The number of aromatic nitrogens is 3. The number of nitrogens with zero attached hydrogens (tertiary/aromatic N) is 5. The summed E-state index contributed by atoms with van der Waals surface area (Å²) in [6.07, 6.45) is 4.79. The number of halogens is 3. The van der Waals surface area contributed by atoms with E-state index in [-0.39, 0.29) is 22.0 Å². The van der Waals surface area contributed by atoms with Crippen LogP contribution in [0, 0.1) is 5.82 Å². The van der Waals surface area contributed by atoms with Crippen molar-refractivity contribution in [2.24, 2.45) is 7.05 Å². The summed E-state index contributed by atoms with van der Waals surface area (Å²) in [7, 11) is 1.65. The van der Waals surface area contributed by atoms with Gasteiger partial charge in [0.15, 0.2) is 5.15 Å². The van der Waals surface area contributed by atoms with E-state index < -0.39 is 5.82 Å². The molecule has 1 aliphatic rings. The molecule has 1 N–H and O–H groups in total. The number of hydrogen-bond acceptors (Lipinski definition) is 5. The Labute approximate surface area is 230 Å². The summed E-state index contributed by atoms with van der Waals surface area (Å²) in [5.41, 5.74) is 2.62. The van der Waals surface area contributed by atoms with E-state index in [9.17, 15) is 14.3 Å². The number of aryl methyl sites for hydroxylation is 1. The number of rotatable bonds is 5. The maximum absolute atomic E-state index is 14.9. The molecule has 0 bridgehead atoms. The van der Waals surface area contributed by atoms with Crippen LogP contribution in [0.5, 0.6) is 5.75 Å². The van der Waals surface area contributed by atoms with Crippen LogP contribution < -0.4 is 10.6 Å². The van der Waals surface area contributed by atoms with Crippen LogP contribution in [-0.2, 0) is 7.05 Å². The number of hydrogen-bond donors (Lipinski definition) is 1. The third-order valence-corrected chi connectivity index (χ3v) is 7.65. The van der Waals surface area contributed by atoms with Crippen LogP contribution in [-0.4, -0.2) is 56.3 Å². The van der Waals surface area contributed by atoms with E-state index in [1.807, 2.05) is 6.07 Å². The molecule has 0 spiro atoms. The third kappa shape index (κ3) is 4.91. The Morgan fingerprint density at radius 3 is 2.24 bits per heavy atom. The molecule has 3 heterocycles. The van der Waals surface area contributed by atoms with E-state index >= 15 is 0 Å². The van der Waals surface area contributed by atoms with Gasteiger partial charge in [-0.15, -0.1) is 0 Å². The normalized spacial score (nSPS) is 14.4. The van der Waals surface area contributed by atoms with Crippen molar-refractivity contribution in [2.75, 3.05) is 31.1 Å². The van der Waals surface area contributed by atoms with Gasteiger partial charge in [0.2, 0.25) is 0 Å². The number of anilines is 1. The number of benzene rings is 2. The molecule has 0 saturated carbocycles. The molecule has 5 rings (SSSR count). The molecule has 0 atom stereocenters. The second-order valence-electron chi connectivity index (χ2n) is 9.73. The van der Waals surface area contributed by atoms with Gasteiger partial charge in [-0.1, -0.05) is 29.3 Å². The van der Waals surface area contributed by atoms with Gasteiger partial charge in [0, 0.05) is 74.5 Å². The summed E-state index contributed by atoms with van der Waals surface area (Å²) in [5, 5.41) is 11.9. The first-order chi connectivity index (χ1) is 18.1. The minimum absolute atomic E-state index is 0.105. The first kappa shape index (κ1) is 26.3. The zero-order chi connectivity index (χ0) is 27.1. The van der Waals surface area contributed by atoms with Crippen LogP contribution in [0.1, 0.15) is 13.8 Å². The molecule has 2 aromatic heterocycles. The Morgan fingerprint density at radius 1 is 0.947 bits per heavy atom. The fourth-order valence-corrected chi connectivity index (χ4v) is 5.34. The Morgan fingerprint density at radius 2 is 1.63 bits per heavy atom. The molecule has 38 heavy (non-hydrogen) atoms. The number of phenols is 1. The smallest absolute Gasteiger partial charge is 0.332 e. The summed E-state index contributed by atoms with van der Waals surface area (Å²) in [4.78, 5) is 21.3. The van der Waals surface area contributed by atoms with Gasteiger partial charge in [-0.25, -0.2) is 14.2 Å². The van der Waals surface area contributed by atoms with E-state index in [0.29, 0.717) is 33.6 Å². The fraction of sp³-hybridized carbons (Fsp3) is 0.286. The van der Waals surface area contributed by atoms with E-state index in [0.717, 1.165) is 31.9 Å². The van der Waals surface area contributed by atoms with Crippen molar-refractivity contribution in [3.05, 3.63) is 81.5 Å². The molecular weight excluding hydrogens is 528 g/mol. The average Bonchev–Trinajstić information content (AvgIpc) is 3.23. The Kier molecular flexibility index (Phi) is 7.22. The predicted octanol–water partition coefficient (Wildman–Crippen LogP) is 5.59. The standard InChI is InChI=1S/C28H28Cl2FN5O2/c1-17(2)34-7-9-35(10-8-34)25-13-19(16-32-27(25)30)22-15-20(31)14-21(26(22)37)18-4-5-24(23(29)12-18)36-11-6-33(3)28(36)38/h4-6,11-17,37H,7-10H2,1-3H3. The molecule has 0 aliphatic carbocycles. The minimum Gasteiger partial charge on any atom is -0.507 e. The number of piperazine rings is 1. The van der Waals surface area contributed by atoms with Crippen molar-refractivity contribution in [1.29, 1.82) is 0 Å². The largest absolute Gasteiger partial charge is 0.507 e. The van der Waals surface area contributed by atoms with Crippen molar-refractivity contribution in [1.82, 2.24) is 19.0 Å². The third-order valence-electron chi connectivity index (χ3n) is 7.06. The van der Waals surface area contributed by atoms with Crippen LogP contribution in [0.2, 0.25) is 10.2 Å². The Bertz CT molecular complexity index is 1560. The zero-order valence-electron chi connectivity index (χ0n) is 21.3. The monoisotopic (exact) mass is 555 g/mol. The van der Waals surface area contributed by atoms with Crippen molar-refractivity contribution in [3.8, 4) is 33.7 Å². The minimum atomic E-state index is -0.519. The second-order valence-corrected chi connectivity index (χ2v) is 10.5. The predicted molar refractivity (Wildman–Crippen MR) is 150 cm³/mol. The van der Waals surface area contributed by atoms with Gasteiger partial charge < -0.3 is 14.6 Å². The van der Waals surface area contributed by atoms with E-state index in [1.165, 1.54) is 27.5 Å². The molecule has 4 aromatic rings. The second kappa shape index (κ2) is 10.4. The Hall–Kier alpha value is -3.33. The molecule has 2 aromatic carbocycles. The van der Waals surface area contributed by atoms with Crippen LogP contribution >= 0.6 is 23.2 Å². The van der Waals surface area contributed by atoms with Crippen molar-refractivity contribution in [3.63, 3.8) is 0 Å². The van der Waals surface area contributed by atoms with Crippen LogP contribution in [0.3, 0.4) is 0 Å². The zero-order valence-corrected chi connectivity index (χ0v) is 22.8. The van der Waals surface area contributed by atoms with Crippen LogP contribution in [0.15, 0.2) is 59.8 Å². The molecule has 1 aliphatic heterocycles. The molecule has 0 radical (unpaired) electrons.